The largest absolute Gasteiger partial charge is 0.493 e. The van der Waals surface area contributed by atoms with Gasteiger partial charge in [-0.2, -0.15) is 10.1 Å². The molecular weight excluding hydrogens is 629 g/mol. The third kappa shape index (κ3) is 6.27. The summed E-state index contributed by atoms with van der Waals surface area (Å²) in [5.74, 6) is -0.160. The molecule has 0 saturated carbocycles. The van der Waals surface area contributed by atoms with E-state index in [2.05, 4.69) is 15.5 Å². The molecule has 1 N–H and O–H groups in total. The lowest BCUT2D eigenvalue weighted by Crippen LogP contribution is -2.37. The number of aromatic nitrogens is 4. The van der Waals surface area contributed by atoms with Crippen LogP contribution in [-0.2, 0) is 20.6 Å². The van der Waals surface area contributed by atoms with Gasteiger partial charge in [0.05, 0.1) is 24.8 Å². The van der Waals surface area contributed by atoms with Crippen LogP contribution < -0.4 is 26.1 Å². The average molecular weight is 652 g/mol. The number of fused-ring (bicyclic) bond motifs is 1. The first kappa shape index (κ1) is 31.0. The summed E-state index contributed by atoms with van der Waals surface area (Å²) < 4.78 is 15.4. The lowest BCUT2D eigenvalue weighted by Gasteiger charge is -2.13. The molecule has 0 aliphatic carbocycles. The highest BCUT2D eigenvalue weighted by Gasteiger charge is 2.22. The number of hydrogen-bond acceptors (Lipinski definition) is 9. The Morgan fingerprint density at radius 1 is 1.07 bits per heavy atom. The molecule has 5 aromatic rings. The van der Waals surface area contributed by atoms with Gasteiger partial charge in [-0.15, -0.1) is 0 Å². The topological polar surface area (TPSA) is 165 Å². The number of halogens is 2. The van der Waals surface area contributed by atoms with Crippen molar-refractivity contribution in [3.8, 4) is 17.5 Å². The number of carbonyl (C=O) groups excluding carboxylic acids is 1. The molecule has 16 heteroatoms. The number of non-ortho nitro benzene ring substituents is 1. The van der Waals surface area contributed by atoms with Crippen LogP contribution >= 0.6 is 23.2 Å². The number of rotatable bonds is 9. The van der Waals surface area contributed by atoms with Gasteiger partial charge in [0, 0.05) is 41.8 Å². The van der Waals surface area contributed by atoms with Gasteiger partial charge in [0.1, 0.15) is 0 Å². The van der Waals surface area contributed by atoms with Gasteiger partial charge in [-0.25, -0.2) is 10.2 Å². The SMILES string of the molecule is COc1cc(C=NNC(=O)c2cccc([N+](=O)[O-])c2)ccc1Oc1nc2c(c(=O)n(C)c(=O)n2C)n1Cc1ccc(Cl)cc1Cl. The van der Waals surface area contributed by atoms with Crippen LogP contribution in [0.4, 0.5) is 5.69 Å². The number of nitrogens with zero attached hydrogens (tertiary/aromatic N) is 6. The lowest BCUT2D eigenvalue weighted by molar-refractivity contribution is -0.384. The third-order valence-electron chi connectivity index (χ3n) is 6.74. The number of hydrazone groups is 1. The summed E-state index contributed by atoms with van der Waals surface area (Å²) in [5.41, 5.74) is 2.37. The smallest absolute Gasteiger partial charge is 0.332 e. The van der Waals surface area contributed by atoms with Crippen LogP contribution in [0.1, 0.15) is 21.5 Å². The molecule has 0 unspecified atom stereocenters. The molecule has 230 valence electrons. The minimum absolute atomic E-state index is 0.0155. The summed E-state index contributed by atoms with van der Waals surface area (Å²) in [6.07, 6.45) is 1.35. The first-order valence-corrected chi connectivity index (χ1v) is 13.8. The van der Waals surface area contributed by atoms with Crippen molar-refractivity contribution in [1.82, 2.24) is 24.1 Å². The highest BCUT2D eigenvalue weighted by molar-refractivity contribution is 6.35. The number of carbonyl (C=O) groups is 1. The summed E-state index contributed by atoms with van der Waals surface area (Å²) in [4.78, 5) is 53.1. The number of nitro benzene ring substituents is 1. The van der Waals surface area contributed by atoms with E-state index in [4.69, 9.17) is 32.7 Å². The average Bonchev–Trinajstić information content (AvgIpc) is 3.38. The Morgan fingerprint density at radius 3 is 2.56 bits per heavy atom. The molecule has 45 heavy (non-hydrogen) atoms. The van der Waals surface area contributed by atoms with Crippen molar-refractivity contribution in [2.75, 3.05) is 7.11 Å². The van der Waals surface area contributed by atoms with Gasteiger partial charge in [0.2, 0.25) is 0 Å². The summed E-state index contributed by atoms with van der Waals surface area (Å²) in [7, 11) is 4.28. The van der Waals surface area contributed by atoms with E-state index < -0.39 is 22.1 Å². The fourth-order valence-electron chi connectivity index (χ4n) is 4.41. The van der Waals surface area contributed by atoms with Crippen LogP contribution in [0.25, 0.3) is 11.2 Å². The van der Waals surface area contributed by atoms with E-state index in [-0.39, 0.29) is 46.5 Å². The molecule has 5 rings (SSSR count). The Labute approximate surface area is 263 Å². The molecule has 0 bridgehead atoms. The second-order valence-electron chi connectivity index (χ2n) is 9.61. The number of ether oxygens (including phenoxy) is 2. The monoisotopic (exact) mass is 651 g/mol. The zero-order valence-corrected chi connectivity index (χ0v) is 25.4. The van der Waals surface area contributed by atoms with Gasteiger partial charge in [0.15, 0.2) is 22.7 Å². The summed E-state index contributed by atoms with van der Waals surface area (Å²) in [5, 5.41) is 15.7. The van der Waals surface area contributed by atoms with Crippen LogP contribution in [0.15, 0.2) is 75.4 Å². The normalized spacial score (nSPS) is 11.2. The van der Waals surface area contributed by atoms with Gasteiger partial charge < -0.3 is 9.47 Å². The number of imidazole rings is 1. The molecule has 0 aliphatic rings. The predicted octanol–water partition coefficient (Wildman–Crippen LogP) is 4.26. The van der Waals surface area contributed by atoms with Crippen molar-refractivity contribution in [1.29, 1.82) is 0 Å². The van der Waals surface area contributed by atoms with Crippen LogP contribution in [0.2, 0.25) is 10.0 Å². The molecule has 2 heterocycles. The predicted molar refractivity (Wildman–Crippen MR) is 167 cm³/mol. The number of nitro groups is 1. The van der Waals surface area contributed by atoms with Crippen molar-refractivity contribution in [3.05, 3.63) is 118 Å². The first-order valence-electron chi connectivity index (χ1n) is 13.0. The lowest BCUT2D eigenvalue weighted by atomic mass is 10.2. The minimum atomic E-state index is -0.637. The zero-order chi connectivity index (χ0) is 32.4. The fourth-order valence-corrected chi connectivity index (χ4v) is 4.88. The molecule has 0 fully saturated rings. The molecule has 0 aliphatic heterocycles. The van der Waals surface area contributed by atoms with E-state index in [1.165, 1.54) is 54.8 Å². The molecule has 3 aromatic carbocycles. The number of nitrogens with one attached hydrogen (secondary N) is 1. The van der Waals surface area contributed by atoms with Gasteiger partial charge in [-0.1, -0.05) is 35.3 Å². The Morgan fingerprint density at radius 2 is 1.84 bits per heavy atom. The first-order chi connectivity index (χ1) is 21.5. The van der Waals surface area contributed by atoms with E-state index in [9.17, 15) is 24.5 Å². The maximum absolute atomic E-state index is 13.3. The molecule has 0 atom stereocenters. The van der Waals surface area contributed by atoms with Crippen LogP contribution in [0, 0.1) is 10.1 Å². The Kier molecular flexibility index (Phi) is 8.70. The van der Waals surface area contributed by atoms with E-state index in [1.807, 2.05) is 0 Å². The van der Waals surface area contributed by atoms with Crippen molar-refractivity contribution in [2.24, 2.45) is 19.2 Å². The highest BCUT2D eigenvalue weighted by atomic mass is 35.5. The number of benzene rings is 3. The number of amides is 1. The quantitative estimate of drug-likeness (QED) is 0.140. The van der Waals surface area contributed by atoms with E-state index in [0.717, 1.165) is 10.6 Å². The Balaban J connectivity index is 1.47. The summed E-state index contributed by atoms with van der Waals surface area (Å²) in [6, 6.07) is 14.9. The maximum atomic E-state index is 13.3. The molecule has 2 aromatic heterocycles. The van der Waals surface area contributed by atoms with Gasteiger partial charge >= 0.3 is 11.7 Å². The Hall–Kier alpha value is -5.47. The van der Waals surface area contributed by atoms with Crippen molar-refractivity contribution in [3.63, 3.8) is 0 Å². The maximum Gasteiger partial charge on any atom is 0.332 e. The van der Waals surface area contributed by atoms with Crippen molar-refractivity contribution < 1.29 is 19.2 Å². The minimum Gasteiger partial charge on any atom is -0.493 e. The number of hydrogen-bond donors (Lipinski definition) is 1. The fraction of sp³-hybridized carbons (Fsp3) is 0.138. The van der Waals surface area contributed by atoms with Crippen molar-refractivity contribution >= 4 is 52.2 Å². The molecule has 0 radical (unpaired) electrons. The molecule has 1 amide bonds. The van der Waals surface area contributed by atoms with E-state index in [1.54, 1.807) is 36.4 Å². The van der Waals surface area contributed by atoms with Gasteiger partial charge in [-0.05, 0) is 47.5 Å². The van der Waals surface area contributed by atoms with Crippen LogP contribution in [-0.4, -0.2) is 42.8 Å². The second-order valence-corrected chi connectivity index (χ2v) is 10.5. The Bertz CT molecular complexity index is 2140. The van der Waals surface area contributed by atoms with Crippen LogP contribution in [0.3, 0.4) is 0 Å². The highest BCUT2D eigenvalue weighted by Crippen LogP contribution is 2.34. The molecular formula is C29H23Cl2N7O7. The van der Waals surface area contributed by atoms with Gasteiger partial charge in [-0.3, -0.25) is 33.4 Å². The summed E-state index contributed by atoms with van der Waals surface area (Å²) >= 11 is 12.5. The van der Waals surface area contributed by atoms with E-state index in [0.29, 0.717) is 21.2 Å². The third-order valence-corrected chi connectivity index (χ3v) is 7.33. The second kappa shape index (κ2) is 12.6. The molecule has 14 nitrogen and oxygen atoms in total. The number of aryl methyl sites for hydroxylation is 1. The van der Waals surface area contributed by atoms with Crippen LogP contribution in [0.5, 0.6) is 17.5 Å². The molecule has 0 saturated heterocycles. The number of methoxy groups -OCH3 is 1. The van der Waals surface area contributed by atoms with Crippen molar-refractivity contribution in [2.45, 2.75) is 6.54 Å². The van der Waals surface area contributed by atoms with Gasteiger partial charge in [0.25, 0.3) is 17.2 Å². The molecule has 0 spiro atoms. The summed E-state index contributed by atoms with van der Waals surface area (Å²) in [6.45, 7) is 0.0621. The standard InChI is InChI=1S/C29H23Cl2N7O7/c1-35-25-24(27(40)36(2)29(35)41)37(15-18-8-9-19(30)13-21(18)31)28(33-25)45-22-10-7-16(11-23(22)44-3)14-32-34-26(39)17-5-4-6-20(12-17)38(42)43/h4-14H,15H2,1-3H3,(H,34,39). The zero-order valence-electron chi connectivity index (χ0n) is 23.9. The van der Waals surface area contributed by atoms with E-state index >= 15 is 0 Å².